The summed E-state index contributed by atoms with van der Waals surface area (Å²) in [4.78, 5) is 16.8. The highest BCUT2D eigenvalue weighted by Gasteiger charge is 2.16. The van der Waals surface area contributed by atoms with Crippen molar-refractivity contribution in [1.82, 2.24) is 10.0 Å². The van der Waals surface area contributed by atoms with Crippen LogP contribution in [0.4, 0.5) is 0 Å². The first-order chi connectivity index (χ1) is 14.1. The molecular weight excluding hydrogens is 368 g/mol. The highest BCUT2D eigenvalue weighted by molar-refractivity contribution is 5.79. The van der Waals surface area contributed by atoms with Crippen molar-refractivity contribution < 1.29 is 19.5 Å². The molecule has 0 aliphatic carbocycles. The molecule has 0 radical (unpaired) electrons. The van der Waals surface area contributed by atoms with Gasteiger partial charge in [0.05, 0.1) is 12.3 Å². The van der Waals surface area contributed by atoms with E-state index >= 15 is 0 Å². The van der Waals surface area contributed by atoms with Gasteiger partial charge >= 0.3 is 5.97 Å². The molecule has 2 aromatic carbocycles. The Morgan fingerprint density at radius 2 is 1.93 bits per heavy atom. The largest absolute Gasteiger partial charge is 0.479 e. The van der Waals surface area contributed by atoms with Gasteiger partial charge in [-0.2, -0.15) is 0 Å². The van der Waals surface area contributed by atoms with Crippen LogP contribution < -0.4 is 10.2 Å². The van der Waals surface area contributed by atoms with Gasteiger partial charge in [0.25, 0.3) is 0 Å². The Morgan fingerprint density at radius 3 is 2.62 bits per heavy atom. The molecule has 0 aliphatic rings. The number of benzene rings is 2. The SMILES string of the molecule is CC=C(NOCCn1ccc2ccccc21)c1ccc(OC(CC)C(=O)O)cc1. The summed E-state index contributed by atoms with van der Waals surface area (Å²) in [6.07, 6.45) is 3.55. The lowest BCUT2D eigenvalue weighted by Crippen LogP contribution is -2.25. The van der Waals surface area contributed by atoms with E-state index in [1.54, 1.807) is 19.1 Å². The van der Waals surface area contributed by atoms with E-state index in [-0.39, 0.29) is 0 Å². The fourth-order valence-electron chi connectivity index (χ4n) is 3.08. The lowest BCUT2D eigenvalue weighted by molar-refractivity contribution is -0.145. The number of hydrogen-bond donors (Lipinski definition) is 2. The Labute approximate surface area is 170 Å². The van der Waals surface area contributed by atoms with E-state index < -0.39 is 12.1 Å². The number of carboxylic acids is 1. The van der Waals surface area contributed by atoms with Crippen LogP contribution in [0.15, 0.2) is 66.9 Å². The molecule has 1 atom stereocenters. The third-order valence-electron chi connectivity index (χ3n) is 4.68. The normalized spacial score (nSPS) is 12.7. The number of fused-ring (bicyclic) bond motifs is 1. The predicted molar refractivity (Wildman–Crippen MR) is 113 cm³/mol. The highest BCUT2D eigenvalue weighted by Crippen LogP contribution is 2.19. The Morgan fingerprint density at radius 1 is 1.17 bits per heavy atom. The van der Waals surface area contributed by atoms with Crippen LogP contribution >= 0.6 is 0 Å². The summed E-state index contributed by atoms with van der Waals surface area (Å²) < 4.78 is 7.65. The van der Waals surface area contributed by atoms with E-state index in [2.05, 4.69) is 34.4 Å². The number of nitrogens with zero attached hydrogens (tertiary/aromatic N) is 1. The number of rotatable bonds is 10. The lowest BCUT2D eigenvalue weighted by Gasteiger charge is -2.15. The van der Waals surface area contributed by atoms with Crippen molar-refractivity contribution in [2.24, 2.45) is 0 Å². The molecule has 0 saturated heterocycles. The summed E-state index contributed by atoms with van der Waals surface area (Å²) in [5.41, 5.74) is 5.94. The van der Waals surface area contributed by atoms with Crippen LogP contribution in [0.2, 0.25) is 0 Å². The van der Waals surface area contributed by atoms with Gasteiger partial charge in [0.15, 0.2) is 6.10 Å². The molecule has 29 heavy (non-hydrogen) atoms. The van der Waals surface area contributed by atoms with E-state index in [4.69, 9.17) is 14.7 Å². The predicted octanol–water partition coefficient (Wildman–Crippen LogP) is 4.47. The zero-order valence-electron chi connectivity index (χ0n) is 16.7. The van der Waals surface area contributed by atoms with E-state index in [1.807, 2.05) is 37.3 Å². The molecule has 6 nitrogen and oxygen atoms in total. The van der Waals surface area contributed by atoms with Crippen molar-refractivity contribution >= 4 is 22.6 Å². The highest BCUT2D eigenvalue weighted by atomic mass is 16.6. The van der Waals surface area contributed by atoms with E-state index in [9.17, 15) is 4.79 Å². The zero-order chi connectivity index (χ0) is 20.6. The summed E-state index contributed by atoms with van der Waals surface area (Å²) in [5, 5.41) is 10.3. The summed E-state index contributed by atoms with van der Waals surface area (Å²) in [7, 11) is 0. The molecule has 1 aromatic heterocycles. The molecule has 2 N–H and O–H groups in total. The number of allylic oxidation sites excluding steroid dienone is 1. The lowest BCUT2D eigenvalue weighted by atomic mass is 10.1. The van der Waals surface area contributed by atoms with E-state index in [1.165, 1.54) is 10.9 Å². The number of ether oxygens (including phenoxy) is 1. The number of aromatic nitrogens is 1. The molecule has 0 saturated carbocycles. The van der Waals surface area contributed by atoms with Crippen LogP contribution in [-0.2, 0) is 16.2 Å². The Bertz CT molecular complexity index is 976. The molecule has 1 heterocycles. The number of hydroxylamine groups is 1. The monoisotopic (exact) mass is 394 g/mol. The molecule has 6 heteroatoms. The summed E-state index contributed by atoms with van der Waals surface area (Å²) in [6, 6.07) is 17.6. The van der Waals surface area contributed by atoms with Crippen molar-refractivity contribution in [2.45, 2.75) is 32.9 Å². The maximum Gasteiger partial charge on any atom is 0.344 e. The minimum atomic E-state index is -0.962. The van der Waals surface area contributed by atoms with Crippen LogP contribution in [0.3, 0.4) is 0 Å². The average molecular weight is 394 g/mol. The smallest absolute Gasteiger partial charge is 0.344 e. The van der Waals surface area contributed by atoms with Crippen LogP contribution in [0.1, 0.15) is 25.8 Å². The summed E-state index contributed by atoms with van der Waals surface area (Å²) in [6.45, 7) is 4.95. The van der Waals surface area contributed by atoms with Gasteiger partial charge in [0.2, 0.25) is 0 Å². The molecular formula is C23H26N2O4. The maximum absolute atomic E-state index is 11.1. The van der Waals surface area contributed by atoms with Crippen LogP contribution in [0, 0.1) is 0 Å². The fourth-order valence-corrected chi connectivity index (χ4v) is 3.08. The second kappa shape index (κ2) is 9.80. The van der Waals surface area contributed by atoms with Crippen molar-refractivity contribution in [3.63, 3.8) is 0 Å². The van der Waals surface area contributed by atoms with Gasteiger partial charge in [-0.3, -0.25) is 10.3 Å². The average Bonchev–Trinajstić information content (AvgIpc) is 3.15. The minimum Gasteiger partial charge on any atom is -0.479 e. The third-order valence-corrected chi connectivity index (χ3v) is 4.68. The van der Waals surface area contributed by atoms with E-state index in [0.29, 0.717) is 18.8 Å². The number of nitrogens with one attached hydrogen (secondary N) is 1. The molecule has 0 spiro atoms. The number of para-hydroxylation sites is 1. The van der Waals surface area contributed by atoms with Gasteiger partial charge in [-0.05, 0) is 60.7 Å². The maximum atomic E-state index is 11.1. The number of aliphatic carboxylic acids is 1. The van der Waals surface area contributed by atoms with Crippen molar-refractivity contribution in [3.05, 3.63) is 72.4 Å². The van der Waals surface area contributed by atoms with Crippen LogP contribution in [0.5, 0.6) is 5.75 Å². The first kappa shape index (κ1) is 20.5. The second-order valence-electron chi connectivity index (χ2n) is 6.60. The van der Waals surface area contributed by atoms with Gasteiger partial charge in [-0.15, -0.1) is 0 Å². The quantitative estimate of drug-likeness (QED) is 0.392. The van der Waals surface area contributed by atoms with Gasteiger partial charge in [-0.25, -0.2) is 4.79 Å². The topological polar surface area (TPSA) is 72.7 Å². The second-order valence-corrected chi connectivity index (χ2v) is 6.60. The Kier molecular flexibility index (Phi) is 6.92. The standard InChI is InChI=1S/C23H26N2O4/c1-3-20(17-9-11-19(12-10-17)29-22(4-2)23(26)27)24-28-16-15-25-14-13-18-7-5-6-8-21(18)25/h3,5-14,22,24H,4,15-16H2,1-2H3,(H,26,27). The third kappa shape index (κ3) is 5.18. The van der Waals surface area contributed by atoms with Gasteiger partial charge < -0.3 is 14.4 Å². The summed E-state index contributed by atoms with van der Waals surface area (Å²) in [5.74, 6) is -0.435. The number of carboxylic acid groups (broad SMARTS) is 1. The summed E-state index contributed by atoms with van der Waals surface area (Å²) >= 11 is 0. The zero-order valence-corrected chi connectivity index (χ0v) is 16.7. The first-order valence-corrected chi connectivity index (χ1v) is 9.70. The molecule has 0 bridgehead atoms. The van der Waals surface area contributed by atoms with Crippen molar-refractivity contribution in [3.8, 4) is 5.75 Å². The molecule has 152 valence electrons. The minimum absolute atomic E-state index is 0.406. The first-order valence-electron chi connectivity index (χ1n) is 9.70. The molecule has 3 rings (SSSR count). The Hall–Kier alpha value is -3.25. The van der Waals surface area contributed by atoms with Gasteiger partial charge in [0, 0.05) is 18.3 Å². The molecule has 0 aliphatic heterocycles. The number of hydrogen-bond acceptors (Lipinski definition) is 4. The van der Waals surface area contributed by atoms with Crippen molar-refractivity contribution in [1.29, 1.82) is 0 Å². The van der Waals surface area contributed by atoms with Crippen molar-refractivity contribution in [2.75, 3.05) is 6.61 Å². The molecule has 3 aromatic rings. The number of carbonyl (C=O) groups is 1. The van der Waals surface area contributed by atoms with Crippen LogP contribution in [-0.4, -0.2) is 28.4 Å². The van der Waals surface area contributed by atoms with Gasteiger partial charge in [0.1, 0.15) is 5.75 Å². The van der Waals surface area contributed by atoms with Crippen LogP contribution in [0.25, 0.3) is 16.6 Å². The fraction of sp³-hybridized carbons (Fsp3) is 0.261. The molecule has 0 fully saturated rings. The molecule has 1 unspecified atom stereocenters. The van der Waals surface area contributed by atoms with E-state index in [0.717, 1.165) is 17.8 Å². The van der Waals surface area contributed by atoms with Gasteiger partial charge in [-0.1, -0.05) is 31.2 Å². The molecule has 0 amide bonds. The Balaban J connectivity index is 1.53.